The van der Waals surface area contributed by atoms with Gasteiger partial charge in [-0.15, -0.1) is 0 Å². The Bertz CT molecular complexity index is 542. The number of anilines is 1. The fourth-order valence-corrected chi connectivity index (χ4v) is 3.05. The Morgan fingerprint density at radius 2 is 2.13 bits per heavy atom. The van der Waals surface area contributed by atoms with E-state index in [0.717, 1.165) is 37.9 Å². The first-order chi connectivity index (χ1) is 11.3. The van der Waals surface area contributed by atoms with E-state index in [1.54, 1.807) is 7.11 Å². The zero-order valence-corrected chi connectivity index (χ0v) is 14.2. The number of ether oxygens (including phenoxy) is 1. The van der Waals surface area contributed by atoms with Crippen LogP contribution in [-0.2, 0) is 0 Å². The second-order valence-electron chi connectivity index (χ2n) is 6.41. The Hall–Kier alpha value is -1.91. The second-order valence-corrected chi connectivity index (χ2v) is 6.41. The minimum Gasteiger partial charge on any atom is -0.495 e. The van der Waals surface area contributed by atoms with E-state index in [1.165, 1.54) is 24.9 Å². The molecule has 2 N–H and O–H groups in total. The molecule has 1 aromatic carbocycles. The van der Waals surface area contributed by atoms with E-state index in [9.17, 15) is 0 Å². The quantitative estimate of drug-likeness (QED) is 0.624. The van der Waals surface area contributed by atoms with Crippen LogP contribution in [0.4, 0.5) is 5.69 Å². The topological polar surface area (TPSA) is 48.9 Å². The predicted molar refractivity (Wildman–Crippen MR) is 95.5 cm³/mol. The molecular weight excluding hydrogens is 288 g/mol. The van der Waals surface area contributed by atoms with Crippen molar-refractivity contribution in [3.05, 3.63) is 24.3 Å². The van der Waals surface area contributed by atoms with Crippen LogP contribution in [0, 0.1) is 5.92 Å². The maximum Gasteiger partial charge on any atom is 0.191 e. The Morgan fingerprint density at radius 1 is 1.30 bits per heavy atom. The van der Waals surface area contributed by atoms with Crippen LogP contribution in [0.2, 0.25) is 0 Å². The molecule has 0 aromatic heterocycles. The molecule has 1 unspecified atom stereocenters. The SMILES string of the molecule is CCNC(=NCC1CCN(c2ccccc2OC)C1)NC1CC1. The van der Waals surface area contributed by atoms with Gasteiger partial charge in [0.2, 0.25) is 0 Å². The molecule has 1 aromatic rings. The summed E-state index contributed by atoms with van der Waals surface area (Å²) in [6.45, 7) is 6.03. The molecule has 2 fully saturated rings. The van der Waals surface area contributed by atoms with Gasteiger partial charge in [-0.25, -0.2) is 0 Å². The molecular formula is C18H28N4O. The number of hydrogen-bond acceptors (Lipinski definition) is 3. The number of aliphatic imine (C=N–C) groups is 1. The van der Waals surface area contributed by atoms with Crippen LogP contribution >= 0.6 is 0 Å². The summed E-state index contributed by atoms with van der Waals surface area (Å²) in [5, 5.41) is 6.83. The van der Waals surface area contributed by atoms with Gasteiger partial charge >= 0.3 is 0 Å². The molecule has 23 heavy (non-hydrogen) atoms. The first kappa shape index (κ1) is 16.0. The summed E-state index contributed by atoms with van der Waals surface area (Å²) in [5.41, 5.74) is 1.20. The zero-order chi connectivity index (χ0) is 16.1. The van der Waals surface area contributed by atoms with Crippen LogP contribution in [-0.4, -0.2) is 45.3 Å². The summed E-state index contributed by atoms with van der Waals surface area (Å²) in [4.78, 5) is 7.20. The first-order valence-corrected chi connectivity index (χ1v) is 8.73. The van der Waals surface area contributed by atoms with Crippen LogP contribution in [0.1, 0.15) is 26.2 Å². The Kier molecular flexibility index (Phi) is 5.26. The summed E-state index contributed by atoms with van der Waals surface area (Å²) < 4.78 is 5.48. The molecule has 5 nitrogen and oxygen atoms in total. The molecule has 1 atom stereocenters. The molecule has 1 aliphatic heterocycles. The highest BCUT2D eigenvalue weighted by molar-refractivity contribution is 5.80. The third kappa shape index (κ3) is 4.30. The molecule has 126 valence electrons. The molecule has 3 rings (SSSR count). The number of methoxy groups -OCH3 is 1. The monoisotopic (exact) mass is 316 g/mol. The second kappa shape index (κ2) is 7.57. The van der Waals surface area contributed by atoms with Crippen molar-refractivity contribution in [2.75, 3.05) is 38.2 Å². The minimum atomic E-state index is 0.606. The average Bonchev–Trinajstić information content (AvgIpc) is 3.27. The molecule has 0 radical (unpaired) electrons. The Labute approximate surface area is 139 Å². The molecule has 1 aliphatic carbocycles. The standard InChI is InChI=1S/C18H28N4O/c1-3-19-18(21-15-8-9-15)20-12-14-10-11-22(13-14)16-6-4-5-7-17(16)23-2/h4-7,14-15H,3,8-13H2,1-2H3,(H2,19,20,21). The fourth-order valence-electron chi connectivity index (χ4n) is 3.05. The van der Waals surface area contributed by atoms with Gasteiger partial charge in [-0.1, -0.05) is 12.1 Å². The van der Waals surface area contributed by atoms with Crippen LogP contribution in [0.5, 0.6) is 5.75 Å². The van der Waals surface area contributed by atoms with Gasteiger partial charge in [-0.3, -0.25) is 4.99 Å². The maximum absolute atomic E-state index is 5.48. The van der Waals surface area contributed by atoms with Crippen molar-refractivity contribution in [2.24, 2.45) is 10.9 Å². The van der Waals surface area contributed by atoms with Gasteiger partial charge in [-0.05, 0) is 44.2 Å². The van der Waals surface area contributed by atoms with E-state index in [1.807, 2.05) is 12.1 Å². The molecule has 2 aliphatic rings. The molecule has 0 bridgehead atoms. The number of guanidine groups is 1. The van der Waals surface area contributed by atoms with E-state index in [0.29, 0.717) is 12.0 Å². The van der Waals surface area contributed by atoms with Gasteiger partial charge in [-0.2, -0.15) is 0 Å². The van der Waals surface area contributed by atoms with Crippen molar-refractivity contribution in [1.82, 2.24) is 10.6 Å². The lowest BCUT2D eigenvalue weighted by Crippen LogP contribution is -2.39. The lowest BCUT2D eigenvalue weighted by Gasteiger charge is -2.21. The van der Waals surface area contributed by atoms with Crippen LogP contribution in [0.15, 0.2) is 29.3 Å². The fraction of sp³-hybridized carbons (Fsp3) is 0.611. The van der Waals surface area contributed by atoms with Gasteiger partial charge in [0.1, 0.15) is 5.75 Å². The normalized spacial score (nSPS) is 21.4. The van der Waals surface area contributed by atoms with E-state index in [-0.39, 0.29) is 0 Å². The van der Waals surface area contributed by atoms with E-state index in [2.05, 4.69) is 34.6 Å². The summed E-state index contributed by atoms with van der Waals surface area (Å²) in [7, 11) is 1.74. The molecule has 1 saturated heterocycles. The molecule has 0 spiro atoms. The van der Waals surface area contributed by atoms with E-state index >= 15 is 0 Å². The number of rotatable bonds is 6. The van der Waals surface area contributed by atoms with Gasteiger partial charge in [0.25, 0.3) is 0 Å². The van der Waals surface area contributed by atoms with E-state index in [4.69, 9.17) is 9.73 Å². The predicted octanol–water partition coefficient (Wildman–Crippen LogP) is 2.24. The van der Waals surface area contributed by atoms with Crippen molar-refractivity contribution in [2.45, 2.75) is 32.2 Å². The molecule has 1 heterocycles. The molecule has 5 heteroatoms. The first-order valence-electron chi connectivity index (χ1n) is 8.73. The highest BCUT2D eigenvalue weighted by Gasteiger charge is 2.25. The van der Waals surface area contributed by atoms with Crippen molar-refractivity contribution < 1.29 is 4.74 Å². The largest absolute Gasteiger partial charge is 0.495 e. The van der Waals surface area contributed by atoms with Crippen molar-refractivity contribution in [3.8, 4) is 5.75 Å². The number of nitrogens with zero attached hydrogens (tertiary/aromatic N) is 2. The summed E-state index contributed by atoms with van der Waals surface area (Å²) >= 11 is 0. The lowest BCUT2D eigenvalue weighted by molar-refractivity contribution is 0.414. The van der Waals surface area contributed by atoms with E-state index < -0.39 is 0 Å². The Morgan fingerprint density at radius 3 is 2.87 bits per heavy atom. The maximum atomic E-state index is 5.48. The van der Waals surface area contributed by atoms with Crippen LogP contribution in [0.3, 0.4) is 0 Å². The van der Waals surface area contributed by atoms with Gasteiger partial charge in [0, 0.05) is 32.2 Å². The van der Waals surface area contributed by atoms with Gasteiger partial charge in [0.05, 0.1) is 12.8 Å². The van der Waals surface area contributed by atoms with Crippen LogP contribution < -0.4 is 20.3 Å². The minimum absolute atomic E-state index is 0.606. The average molecular weight is 316 g/mol. The van der Waals surface area contributed by atoms with Crippen molar-refractivity contribution in [1.29, 1.82) is 0 Å². The summed E-state index contributed by atoms with van der Waals surface area (Å²) in [6, 6.07) is 8.91. The van der Waals surface area contributed by atoms with Crippen molar-refractivity contribution in [3.63, 3.8) is 0 Å². The third-order valence-corrected chi connectivity index (χ3v) is 4.48. The lowest BCUT2D eigenvalue weighted by atomic mass is 10.1. The number of benzene rings is 1. The summed E-state index contributed by atoms with van der Waals surface area (Å²) in [6.07, 6.45) is 3.73. The van der Waals surface area contributed by atoms with Crippen LogP contribution in [0.25, 0.3) is 0 Å². The smallest absolute Gasteiger partial charge is 0.191 e. The molecule has 1 saturated carbocycles. The Balaban J connectivity index is 1.56. The number of nitrogens with one attached hydrogen (secondary N) is 2. The number of hydrogen-bond donors (Lipinski definition) is 2. The highest BCUT2D eigenvalue weighted by atomic mass is 16.5. The van der Waals surface area contributed by atoms with Gasteiger partial charge in [0.15, 0.2) is 5.96 Å². The third-order valence-electron chi connectivity index (χ3n) is 4.48. The highest BCUT2D eigenvalue weighted by Crippen LogP contribution is 2.32. The van der Waals surface area contributed by atoms with Gasteiger partial charge < -0.3 is 20.3 Å². The zero-order valence-electron chi connectivity index (χ0n) is 14.2. The summed E-state index contributed by atoms with van der Waals surface area (Å²) in [5.74, 6) is 2.54. The molecule has 0 amide bonds. The van der Waals surface area contributed by atoms with Crippen molar-refractivity contribution >= 4 is 11.6 Å². The number of para-hydroxylation sites is 2.